The molecule has 1 atom stereocenters. The molecule has 0 aliphatic heterocycles. The minimum atomic E-state index is -4.61. The summed E-state index contributed by atoms with van der Waals surface area (Å²) in [6.45, 7) is 2.27. The molecule has 0 saturated carbocycles. The van der Waals surface area contributed by atoms with Crippen LogP contribution in [0, 0.1) is 0 Å². The molecule has 0 bridgehead atoms. The highest BCUT2D eigenvalue weighted by molar-refractivity contribution is 7.90. The summed E-state index contributed by atoms with van der Waals surface area (Å²) >= 11 is -1.52. The number of hydrogen-bond acceptors (Lipinski definition) is 4. The first kappa shape index (κ1) is 15.1. The molecule has 5 nitrogen and oxygen atoms in total. The summed E-state index contributed by atoms with van der Waals surface area (Å²) in [5.74, 6) is 0.285. The number of pyridine rings is 1. The van der Waals surface area contributed by atoms with Crippen LogP contribution in [-0.4, -0.2) is 32.0 Å². The van der Waals surface area contributed by atoms with Crippen LogP contribution < -0.4 is 0 Å². The molecule has 110 valence electrons. The molecule has 2 rings (SSSR count). The molecule has 0 spiro atoms. The molecule has 0 amide bonds. The molecule has 0 aliphatic carbocycles. The quantitative estimate of drug-likeness (QED) is 0.881. The molecule has 0 radical (unpaired) electrons. The van der Waals surface area contributed by atoms with Crippen molar-refractivity contribution in [2.45, 2.75) is 24.6 Å². The number of nitrogens with zero attached hydrogens (tertiary/aromatic N) is 3. The summed E-state index contributed by atoms with van der Waals surface area (Å²) in [4.78, 5) is -0.194. The molecule has 9 heteroatoms. The van der Waals surface area contributed by atoms with Crippen molar-refractivity contribution in [3.8, 4) is 0 Å². The second-order valence-electron chi connectivity index (χ2n) is 3.98. The van der Waals surface area contributed by atoms with Crippen molar-refractivity contribution < 1.29 is 22.5 Å². The number of alkyl halides is 3. The molecule has 2 aromatic heterocycles. The van der Waals surface area contributed by atoms with E-state index in [1.54, 1.807) is 6.92 Å². The molecule has 0 aliphatic rings. The van der Waals surface area contributed by atoms with Crippen LogP contribution in [0.5, 0.6) is 0 Å². The second kappa shape index (κ2) is 5.58. The summed E-state index contributed by atoms with van der Waals surface area (Å²) in [5.41, 5.74) is -1.28. The molecule has 1 N–H and O–H groups in total. The lowest BCUT2D eigenvalue weighted by Crippen LogP contribution is -2.15. The van der Waals surface area contributed by atoms with Crippen molar-refractivity contribution in [1.82, 2.24) is 14.6 Å². The fourth-order valence-corrected chi connectivity index (χ4v) is 2.55. The van der Waals surface area contributed by atoms with Gasteiger partial charge in [-0.25, -0.2) is 0 Å². The van der Waals surface area contributed by atoms with Crippen molar-refractivity contribution >= 4 is 16.8 Å². The van der Waals surface area contributed by atoms with Crippen LogP contribution in [0.2, 0.25) is 0 Å². The Hall–Kier alpha value is -1.32. The van der Waals surface area contributed by atoms with Gasteiger partial charge in [0.2, 0.25) is 4.90 Å². The van der Waals surface area contributed by atoms with E-state index in [4.69, 9.17) is 4.74 Å². The number of ether oxygens (including phenoxy) is 1. The molecular weight excluding hydrogens is 295 g/mol. The van der Waals surface area contributed by atoms with Crippen LogP contribution in [0.1, 0.15) is 18.3 Å². The third-order valence-corrected chi connectivity index (χ3v) is 3.63. The zero-order valence-corrected chi connectivity index (χ0v) is 11.6. The van der Waals surface area contributed by atoms with E-state index in [0.29, 0.717) is 6.61 Å². The average molecular weight is 308 g/mol. The van der Waals surface area contributed by atoms with Gasteiger partial charge in [0.25, 0.3) is 0 Å². The van der Waals surface area contributed by atoms with E-state index in [9.17, 15) is 17.7 Å². The van der Waals surface area contributed by atoms with Crippen molar-refractivity contribution in [3.63, 3.8) is 0 Å². The lowest BCUT2D eigenvalue weighted by Gasteiger charge is -2.10. The number of fused-ring (bicyclic) bond motifs is 1. The Bertz CT molecular complexity index is 613. The van der Waals surface area contributed by atoms with E-state index >= 15 is 0 Å². The smallest absolute Gasteiger partial charge is 0.374 e. The Kier molecular flexibility index (Phi) is 4.21. The van der Waals surface area contributed by atoms with Gasteiger partial charge in [0.05, 0.1) is 0 Å². The van der Waals surface area contributed by atoms with Gasteiger partial charge < -0.3 is 4.74 Å². The summed E-state index contributed by atoms with van der Waals surface area (Å²) in [6, 6.07) is 1.23. The monoisotopic (exact) mass is 308 g/mol. The van der Waals surface area contributed by atoms with E-state index in [2.05, 4.69) is 10.2 Å². The molecule has 0 saturated heterocycles. The van der Waals surface area contributed by atoms with E-state index in [1.165, 1.54) is 22.9 Å². The van der Waals surface area contributed by atoms with Crippen molar-refractivity contribution in [1.29, 1.82) is 0 Å². The minimum absolute atomic E-state index is 0.0747. The Labute approximate surface area is 115 Å². The van der Waals surface area contributed by atoms with Gasteiger partial charge >= 0.3 is 6.18 Å². The van der Waals surface area contributed by atoms with Crippen LogP contribution in [-0.2, 0) is 28.7 Å². The van der Waals surface area contributed by atoms with Gasteiger partial charge in [-0.2, -0.15) is 17.7 Å². The summed E-state index contributed by atoms with van der Waals surface area (Å²) < 4.78 is 55.4. The molecule has 2 aromatic rings. The Morgan fingerprint density at radius 3 is 2.65 bits per heavy atom. The maximum absolute atomic E-state index is 13.2. The highest BCUT2D eigenvalue weighted by Crippen LogP contribution is 2.36. The highest BCUT2D eigenvalue weighted by Gasteiger charge is 2.42. The van der Waals surface area contributed by atoms with Crippen LogP contribution in [0.15, 0.2) is 17.2 Å². The van der Waals surface area contributed by atoms with Gasteiger partial charge in [-0.1, -0.05) is 0 Å². The molecule has 2 heterocycles. The predicted octanol–water partition coefficient (Wildman–Crippen LogP) is 2.36. The van der Waals surface area contributed by atoms with E-state index < -0.39 is 22.9 Å². The molecule has 1 unspecified atom stereocenters. The van der Waals surface area contributed by atoms with Gasteiger partial charge in [-0.3, -0.25) is 4.40 Å². The largest absolute Gasteiger partial charge is 0.425 e. The topological polar surface area (TPSA) is 59.7 Å². The van der Waals surface area contributed by atoms with E-state index in [1.807, 2.05) is 0 Å². The lowest BCUT2D eigenvalue weighted by molar-refractivity contribution is -0.138. The van der Waals surface area contributed by atoms with Crippen LogP contribution in [0.3, 0.4) is 0 Å². The van der Waals surface area contributed by atoms with Gasteiger partial charge in [0, 0.05) is 18.9 Å². The zero-order chi connectivity index (χ0) is 14.9. The van der Waals surface area contributed by atoms with Crippen molar-refractivity contribution in [3.05, 3.63) is 23.7 Å². The maximum atomic E-state index is 13.2. The maximum Gasteiger partial charge on any atom is 0.425 e. The first-order chi connectivity index (χ1) is 9.36. The molecular formula is C11H13F3N3O2S+. The van der Waals surface area contributed by atoms with Gasteiger partial charge in [-0.05, 0) is 6.92 Å². The fraction of sp³-hybridized carbons (Fsp3) is 0.455. The minimum Gasteiger partial charge on any atom is -0.374 e. The van der Waals surface area contributed by atoms with E-state index in [0.717, 1.165) is 0 Å². The van der Waals surface area contributed by atoms with Crippen molar-refractivity contribution in [2.75, 3.05) is 12.9 Å². The summed E-state index contributed by atoms with van der Waals surface area (Å²) in [5, 5.41) is 7.30. The number of rotatable bonds is 4. The molecule has 0 aromatic carbocycles. The normalized spacial score (nSPS) is 13.9. The van der Waals surface area contributed by atoms with Crippen LogP contribution in [0.25, 0.3) is 5.65 Å². The Morgan fingerprint density at radius 2 is 2.10 bits per heavy atom. The Balaban J connectivity index is 2.64. The zero-order valence-electron chi connectivity index (χ0n) is 10.8. The van der Waals surface area contributed by atoms with Gasteiger partial charge in [-0.15, -0.1) is 10.2 Å². The highest BCUT2D eigenvalue weighted by atomic mass is 32.2. The third kappa shape index (κ3) is 2.74. The number of hydrogen-bond donors (Lipinski definition) is 1. The van der Waals surface area contributed by atoms with Crippen LogP contribution >= 0.6 is 0 Å². The Morgan fingerprint density at radius 1 is 1.40 bits per heavy atom. The SMILES string of the molecule is CCOCc1nnc2c(C(F)(F)F)c([S+](C)O)ccn12. The number of aromatic nitrogens is 3. The third-order valence-electron chi connectivity index (χ3n) is 2.65. The van der Waals surface area contributed by atoms with E-state index in [-0.39, 0.29) is 23.0 Å². The standard InChI is InChI=1S/C11H13F3N3O2S/c1-3-19-6-8-15-16-10-9(11(12,13)14)7(20(2)18)4-5-17(8)10/h4-5,18H,3,6H2,1-2H3/q+1. The number of halogens is 3. The fourth-order valence-electron chi connectivity index (χ4n) is 1.79. The molecule has 0 fully saturated rings. The first-order valence-corrected chi connectivity index (χ1v) is 7.31. The molecule has 20 heavy (non-hydrogen) atoms. The average Bonchev–Trinajstić information content (AvgIpc) is 2.76. The lowest BCUT2D eigenvalue weighted by atomic mass is 10.2. The second-order valence-corrected chi connectivity index (χ2v) is 5.37. The first-order valence-electron chi connectivity index (χ1n) is 5.72. The predicted molar refractivity (Wildman–Crippen MR) is 67.5 cm³/mol. The van der Waals surface area contributed by atoms with Crippen molar-refractivity contribution in [2.24, 2.45) is 0 Å². The van der Waals surface area contributed by atoms with Crippen LogP contribution in [0.4, 0.5) is 13.2 Å². The van der Waals surface area contributed by atoms with Gasteiger partial charge in [0.15, 0.2) is 28.2 Å². The summed E-state index contributed by atoms with van der Waals surface area (Å²) in [7, 11) is 0. The van der Waals surface area contributed by atoms with Gasteiger partial charge in [0.1, 0.15) is 12.9 Å². The summed E-state index contributed by atoms with van der Waals surface area (Å²) in [6.07, 6.45) is -1.90.